The maximum atomic E-state index is 13.1. The van der Waals surface area contributed by atoms with E-state index in [0.717, 1.165) is 24.9 Å². The third kappa shape index (κ3) is 3.02. The van der Waals surface area contributed by atoms with Gasteiger partial charge in [0, 0.05) is 12.1 Å². The van der Waals surface area contributed by atoms with E-state index in [0.29, 0.717) is 24.3 Å². The summed E-state index contributed by atoms with van der Waals surface area (Å²) in [5.41, 5.74) is 4.17. The number of fused-ring (bicyclic) bond motifs is 3. The highest BCUT2D eigenvalue weighted by Gasteiger charge is 2.39. The number of benzene rings is 2. The van der Waals surface area contributed by atoms with Crippen molar-refractivity contribution in [3.63, 3.8) is 0 Å². The van der Waals surface area contributed by atoms with Crippen LogP contribution < -0.4 is 10.2 Å². The van der Waals surface area contributed by atoms with Crippen molar-refractivity contribution in [2.24, 2.45) is 0 Å². The SMILES string of the molecule is O=C1CN(C(=O)CN2C3C=C(c4ccccc4)CC2CC3)c2ccccc2N1. The summed E-state index contributed by atoms with van der Waals surface area (Å²) in [4.78, 5) is 29.1. The molecule has 5 rings (SSSR count). The second-order valence-corrected chi connectivity index (χ2v) is 7.78. The molecular formula is C23H23N3O2. The molecule has 3 aliphatic heterocycles. The van der Waals surface area contributed by atoms with Crippen LogP contribution in [-0.2, 0) is 9.59 Å². The Bertz CT molecular complexity index is 953. The molecule has 28 heavy (non-hydrogen) atoms. The lowest BCUT2D eigenvalue weighted by atomic mass is 9.95. The van der Waals surface area contributed by atoms with Crippen molar-refractivity contribution in [1.29, 1.82) is 0 Å². The first-order valence-corrected chi connectivity index (χ1v) is 9.90. The van der Waals surface area contributed by atoms with Crippen LogP contribution in [0.1, 0.15) is 24.8 Å². The molecule has 2 bridgehead atoms. The van der Waals surface area contributed by atoms with E-state index >= 15 is 0 Å². The van der Waals surface area contributed by atoms with Crippen molar-refractivity contribution in [2.45, 2.75) is 31.3 Å². The number of anilines is 2. The van der Waals surface area contributed by atoms with Gasteiger partial charge in [-0.2, -0.15) is 0 Å². The summed E-state index contributed by atoms with van der Waals surface area (Å²) in [7, 11) is 0. The second-order valence-electron chi connectivity index (χ2n) is 7.78. The Kier molecular flexibility index (Phi) is 4.24. The number of hydrogen-bond acceptors (Lipinski definition) is 3. The average molecular weight is 373 g/mol. The van der Waals surface area contributed by atoms with E-state index in [2.05, 4.69) is 40.6 Å². The van der Waals surface area contributed by atoms with Crippen LogP contribution >= 0.6 is 0 Å². The lowest BCUT2D eigenvalue weighted by Gasteiger charge is -2.36. The van der Waals surface area contributed by atoms with Gasteiger partial charge in [0.1, 0.15) is 6.54 Å². The number of nitrogens with one attached hydrogen (secondary N) is 1. The smallest absolute Gasteiger partial charge is 0.244 e. The van der Waals surface area contributed by atoms with E-state index in [1.165, 1.54) is 11.1 Å². The van der Waals surface area contributed by atoms with Crippen LogP contribution in [0.3, 0.4) is 0 Å². The van der Waals surface area contributed by atoms with E-state index in [1.54, 1.807) is 4.90 Å². The minimum Gasteiger partial charge on any atom is -0.323 e. The third-order valence-electron chi connectivity index (χ3n) is 6.07. The first-order chi connectivity index (χ1) is 13.7. The minimum atomic E-state index is -0.139. The number of amides is 2. The van der Waals surface area contributed by atoms with Crippen molar-refractivity contribution in [3.8, 4) is 0 Å². The van der Waals surface area contributed by atoms with Crippen molar-refractivity contribution in [2.75, 3.05) is 23.3 Å². The fraction of sp³-hybridized carbons (Fsp3) is 0.304. The zero-order valence-corrected chi connectivity index (χ0v) is 15.7. The number of nitrogens with zero attached hydrogens (tertiary/aromatic N) is 2. The molecule has 1 saturated heterocycles. The first kappa shape index (κ1) is 17.2. The summed E-state index contributed by atoms with van der Waals surface area (Å²) in [6.45, 7) is 0.444. The fourth-order valence-corrected chi connectivity index (χ4v) is 4.73. The van der Waals surface area contributed by atoms with Gasteiger partial charge in [-0.05, 0) is 42.5 Å². The number of carbonyl (C=O) groups is 2. The molecule has 3 heterocycles. The second kappa shape index (κ2) is 6.91. The summed E-state index contributed by atoms with van der Waals surface area (Å²) in [5.74, 6) is -0.143. The van der Waals surface area contributed by atoms with E-state index in [-0.39, 0.29) is 18.4 Å². The lowest BCUT2D eigenvalue weighted by molar-refractivity contribution is -0.123. The highest BCUT2D eigenvalue weighted by molar-refractivity contribution is 6.10. The highest BCUT2D eigenvalue weighted by atomic mass is 16.2. The van der Waals surface area contributed by atoms with Crippen LogP contribution in [0, 0.1) is 0 Å². The molecule has 1 fully saturated rings. The highest BCUT2D eigenvalue weighted by Crippen LogP contribution is 2.38. The fourth-order valence-electron chi connectivity index (χ4n) is 4.73. The minimum absolute atomic E-state index is 0.00392. The number of para-hydroxylation sites is 2. The Morgan fingerprint density at radius 2 is 1.82 bits per heavy atom. The zero-order valence-electron chi connectivity index (χ0n) is 15.7. The third-order valence-corrected chi connectivity index (χ3v) is 6.07. The molecule has 0 aliphatic carbocycles. The van der Waals surface area contributed by atoms with Gasteiger partial charge in [-0.3, -0.25) is 19.4 Å². The van der Waals surface area contributed by atoms with E-state index in [1.807, 2.05) is 30.3 Å². The predicted molar refractivity (Wildman–Crippen MR) is 110 cm³/mol. The average Bonchev–Trinajstić information content (AvgIpc) is 2.95. The number of hydrogen-bond donors (Lipinski definition) is 1. The topological polar surface area (TPSA) is 52.7 Å². The molecule has 0 saturated carbocycles. The van der Waals surface area contributed by atoms with Crippen molar-refractivity contribution >= 4 is 28.8 Å². The van der Waals surface area contributed by atoms with Gasteiger partial charge in [-0.25, -0.2) is 0 Å². The molecule has 0 aromatic heterocycles. The molecule has 2 aromatic rings. The quantitative estimate of drug-likeness (QED) is 0.898. The first-order valence-electron chi connectivity index (χ1n) is 9.90. The summed E-state index contributed by atoms with van der Waals surface area (Å²) in [5, 5.41) is 2.85. The van der Waals surface area contributed by atoms with Crippen LogP contribution in [0.15, 0.2) is 60.7 Å². The molecule has 5 heteroatoms. The van der Waals surface area contributed by atoms with Crippen molar-refractivity contribution < 1.29 is 9.59 Å². The van der Waals surface area contributed by atoms with Gasteiger partial charge < -0.3 is 5.32 Å². The Hall–Kier alpha value is -2.92. The zero-order chi connectivity index (χ0) is 19.1. The molecule has 1 N–H and O–H groups in total. The molecule has 0 radical (unpaired) electrons. The molecule has 2 atom stereocenters. The standard InChI is InChI=1S/C23H23N3O2/c27-22-14-26(21-9-5-4-8-20(21)24-22)23(28)15-25-18-10-11-19(25)13-17(12-18)16-6-2-1-3-7-16/h1-9,12,18-19H,10-11,13-15H2,(H,24,27). The molecule has 3 aliphatic rings. The Morgan fingerprint density at radius 3 is 2.64 bits per heavy atom. The van der Waals surface area contributed by atoms with Crippen LogP contribution in [-0.4, -0.2) is 41.9 Å². The van der Waals surface area contributed by atoms with Gasteiger partial charge in [0.2, 0.25) is 11.8 Å². The molecule has 2 amide bonds. The van der Waals surface area contributed by atoms with Crippen LogP contribution in [0.5, 0.6) is 0 Å². The largest absolute Gasteiger partial charge is 0.323 e. The molecular weight excluding hydrogens is 350 g/mol. The Balaban J connectivity index is 1.36. The van der Waals surface area contributed by atoms with Gasteiger partial charge in [0.15, 0.2) is 0 Å². The molecule has 142 valence electrons. The number of rotatable bonds is 3. The molecule has 2 unspecified atom stereocenters. The van der Waals surface area contributed by atoms with Crippen LogP contribution in [0.2, 0.25) is 0 Å². The summed E-state index contributed by atoms with van der Waals surface area (Å²) < 4.78 is 0. The van der Waals surface area contributed by atoms with Gasteiger partial charge >= 0.3 is 0 Å². The monoisotopic (exact) mass is 373 g/mol. The predicted octanol–water partition coefficient (Wildman–Crippen LogP) is 3.29. The Labute approximate surface area is 164 Å². The van der Waals surface area contributed by atoms with E-state index in [9.17, 15) is 9.59 Å². The molecule has 0 spiro atoms. The lowest BCUT2D eigenvalue weighted by Crippen LogP contribution is -2.49. The Morgan fingerprint density at radius 1 is 1.04 bits per heavy atom. The molecule has 5 nitrogen and oxygen atoms in total. The maximum absolute atomic E-state index is 13.1. The maximum Gasteiger partial charge on any atom is 0.244 e. The number of carbonyl (C=O) groups excluding carboxylic acids is 2. The van der Waals surface area contributed by atoms with Gasteiger partial charge in [0.25, 0.3) is 0 Å². The van der Waals surface area contributed by atoms with Gasteiger partial charge in [-0.1, -0.05) is 48.5 Å². The summed E-state index contributed by atoms with van der Waals surface area (Å²) in [6, 6.07) is 18.7. The van der Waals surface area contributed by atoms with Crippen LogP contribution in [0.25, 0.3) is 5.57 Å². The van der Waals surface area contributed by atoms with Crippen molar-refractivity contribution in [3.05, 3.63) is 66.2 Å². The van der Waals surface area contributed by atoms with Gasteiger partial charge in [-0.15, -0.1) is 0 Å². The van der Waals surface area contributed by atoms with Crippen molar-refractivity contribution in [1.82, 2.24) is 4.90 Å². The van der Waals surface area contributed by atoms with Gasteiger partial charge in [0.05, 0.1) is 17.9 Å². The molecule has 2 aromatic carbocycles. The van der Waals surface area contributed by atoms with E-state index < -0.39 is 0 Å². The summed E-state index contributed by atoms with van der Waals surface area (Å²) >= 11 is 0. The summed E-state index contributed by atoms with van der Waals surface area (Å²) in [6.07, 6.45) is 5.51. The van der Waals surface area contributed by atoms with E-state index in [4.69, 9.17) is 0 Å². The van der Waals surface area contributed by atoms with Crippen LogP contribution in [0.4, 0.5) is 11.4 Å². The normalized spacial score (nSPS) is 23.8.